The molecule has 1 aliphatic heterocycles. The summed E-state index contributed by atoms with van der Waals surface area (Å²) < 4.78 is 26.6. The van der Waals surface area contributed by atoms with E-state index in [1.54, 1.807) is 14.2 Å². The van der Waals surface area contributed by atoms with E-state index in [1.165, 1.54) is 30.5 Å². The highest BCUT2D eigenvalue weighted by molar-refractivity contribution is 6.27. The van der Waals surface area contributed by atoms with Crippen molar-refractivity contribution in [2.24, 2.45) is 5.92 Å². The Hall–Kier alpha value is -5.50. The van der Waals surface area contributed by atoms with Gasteiger partial charge in [0.05, 0.1) is 25.3 Å². The number of likely N-dealkylation sites (tertiary alicyclic amines) is 1. The number of piperidine rings is 1. The second kappa shape index (κ2) is 18.0. The molecule has 0 bridgehead atoms. The highest BCUT2D eigenvalue weighted by atomic mass is 19.1. The van der Waals surface area contributed by atoms with Gasteiger partial charge in [-0.2, -0.15) is 0 Å². The maximum absolute atomic E-state index is 13.5. The average Bonchev–Trinajstić information content (AvgIpc) is 3.41. The third-order valence-electron chi connectivity index (χ3n) is 7.68. The first-order valence-electron chi connectivity index (χ1n) is 15.0. The van der Waals surface area contributed by atoms with Crippen molar-refractivity contribution < 1.29 is 53.5 Å². The number of carboxylic acids is 4. The zero-order valence-electron chi connectivity index (χ0n) is 26.5. The molecule has 0 unspecified atom stereocenters. The molecule has 0 atom stereocenters. The van der Waals surface area contributed by atoms with Gasteiger partial charge in [0.1, 0.15) is 23.1 Å². The number of ether oxygens (including phenoxy) is 2. The molecule has 0 radical (unpaired) electrons. The molecule has 5 rings (SSSR count). The number of nitrogens with zero attached hydrogens (tertiary/aromatic N) is 3. The van der Waals surface area contributed by atoms with Gasteiger partial charge in [-0.1, -0.05) is 24.3 Å². The third kappa shape index (κ3) is 11.4. The fraction of sp³-hybridized carbons (Fsp3) is 0.324. The van der Waals surface area contributed by atoms with Crippen molar-refractivity contribution in [3.63, 3.8) is 0 Å². The predicted octanol–water partition coefficient (Wildman–Crippen LogP) is 4.05. The molecule has 4 N–H and O–H groups in total. The summed E-state index contributed by atoms with van der Waals surface area (Å²) in [5, 5.41) is 29.6. The van der Waals surface area contributed by atoms with E-state index >= 15 is 0 Å². The van der Waals surface area contributed by atoms with Crippen LogP contribution in [0.15, 0.2) is 66.7 Å². The van der Waals surface area contributed by atoms with Crippen molar-refractivity contribution in [3.8, 4) is 11.5 Å². The van der Waals surface area contributed by atoms with Gasteiger partial charge in [-0.3, -0.25) is 0 Å². The Balaban J connectivity index is 0.000000446. The molecular weight excluding hydrogens is 629 g/mol. The number of methoxy groups -OCH3 is 2. The largest absolute Gasteiger partial charge is 0.497 e. The zero-order valence-corrected chi connectivity index (χ0v) is 26.5. The van der Waals surface area contributed by atoms with E-state index in [4.69, 9.17) is 54.1 Å². The molecular formula is C34H38FN3O10. The fourth-order valence-electron chi connectivity index (χ4n) is 5.17. The van der Waals surface area contributed by atoms with E-state index in [1.807, 2.05) is 30.3 Å². The number of benzene rings is 3. The van der Waals surface area contributed by atoms with Gasteiger partial charge in [-0.05, 0) is 85.8 Å². The van der Waals surface area contributed by atoms with Gasteiger partial charge < -0.3 is 39.4 Å². The molecule has 0 aliphatic carbocycles. The molecule has 0 spiro atoms. The molecule has 3 aromatic carbocycles. The minimum Gasteiger partial charge on any atom is -0.497 e. The smallest absolute Gasteiger partial charge is 0.414 e. The number of rotatable bonds is 9. The second-order valence-corrected chi connectivity index (χ2v) is 10.9. The average molecular weight is 668 g/mol. The van der Waals surface area contributed by atoms with Crippen LogP contribution < -0.4 is 9.47 Å². The van der Waals surface area contributed by atoms with Gasteiger partial charge in [0.25, 0.3) is 0 Å². The van der Waals surface area contributed by atoms with Crippen LogP contribution in [0.4, 0.5) is 4.39 Å². The van der Waals surface area contributed by atoms with Crippen LogP contribution in [0.2, 0.25) is 0 Å². The highest BCUT2D eigenvalue weighted by Crippen LogP contribution is 2.27. The number of hydrogen-bond donors (Lipinski definition) is 4. The molecule has 0 saturated carbocycles. The van der Waals surface area contributed by atoms with Gasteiger partial charge in [0.15, 0.2) is 0 Å². The maximum Gasteiger partial charge on any atom is 0.414 e. The first-order chi connectivity index (χ1) is 22.9. The lowest BCUT2D eigenvalue weighted by Crippen LogP contribution is -2.36. The first kappa shape index (κ1) is 37.0. The summed E-state index contributed by atoms with van der Waals surface area (Å²) in [6.45, 7) is 3.96. The van der Waals surface area contributed by atoms with Crippen LogP contribution >= 0.6 is 0 Å². The Kier molecular flexibility index (Phi) is 13.9. The summed E-state index contributed by atoms with van der Waals surface area (Å²) in [7, 11) is 3.40. The number of hydrogen-bond acceptors (Lipinski definition) is 8. The van der Waals surface area contributed by atoms with Crippen molar-refractivity contribution in [2.45, 2.75) is 32.2 Å². The summed E-state index contributed by atoms with van der Waals surface area (Å²) in [4.78, 5) is 44.0. The summed E-state index contributed by atoms with van der Waals surface area (Å²) >= 11 is 0. The van der Waals surface area contributed by atoms with Crippen LogP contribution in [-0.2, 0) is 38.6 Å². The second-order valence-electron chi connectivity index (χ2n) is 10.9. The molecule has 1 aromatic heterocycles. The Morgan fingerprint density at radius 3 is 1.94 bits per heavy atom. The molecule has 0 amide bonds. The quantitative estimate of drug-likeness (QED) is 0.188. The molecule has 48 heavy (non-hydrogen) atoms. The predicted molar refractivity (Wildman–Crippen MR) is 172 cm³/mol. The summed E-state index contributed by atoms with van der Waals surface area (Å²) in [6, 6.07) is 21.2. The monoisotopic (exact) mass is 667 g/mol. The van der Waals surface area contributed by atoms with Gasteiger partial charge >= 0.3 is 23.9 Å². The standard InChI is InChI=1S/C30H34FN3O2.2C2H2O4/c1-35-26-5-3-4-22(18-26)12-15-33-16-13-23(14-17-33)19-30-32-28-11-10-27(36-2)20-29(28)34(30)21-24-6-8-25(31)9-7-24;2*3-1(4)2(5)6/h3-11,18,20,23H,12-17,19,21H2,1-2H3;2*(H,3,4)(H,5,6). The lowest BCUT2D eigenvalue weighted by molar-refractivity contribution is -0.159. The number of aromatic nitrogens is 2. The van der Waals surface area contributed by atoms with E-state index in [-0.39, 0.29) is 5.82 Å². The summed E-state index contributed by atoms with van der Waals surface area (Å²) in [5.74, 6) is -4.07. The van der Waals surface area contributed by atoms with E-state index in [2.05, 4.69) is 33.7 Å². The normalized spacial score (nSPS) is 13.0. The Morgan fingerprint density at radius 2 is 1.38 bits per heavy atom. The van der Waals surface area contributed by atoms with Crippen molar-refractivity contribution in [1.29, 1.82) is 0 Å². The summed E-state index contributed by atoms with van der Waals surface area (Å²) in [6.07, 6.45) is 4.32. The minimum absolute atomic E-state index is 0.214. The first-order valence-corrected chi connectivity index (χ1v) is 15.0. The van der Waals surface area contributed by atoms with Crippen molar-refractivity contribution in [3.05, 3.63) is 89.5 Å². The van der Waals surface area contributed by atoms with E-state index in [0.717, 1.165) is 66.4 Å². The van der Waals surface area contributed by atoms with Gasteiger partial charge in [0.2, 0.25) is 0 Å². The van der Waals surface area contributed by atoms with Gasteiger partial charge in [-0.15, -0.1) is 0 Å². The van der Waals surface area contributed by atoms with E-state index < -0.39 is 23.9 Å². The van der Waals surface area contributed by atoms with Crippen LogP contribution in [0.3, 0.4) is 0 Å². The maximum atomic E-state index is 13.5. The molecule has 256 valence electrons. The Labute approximate surface area is 275 Å². The Bertz CT molecular complexity index is 1650. The molecule has 2 heterocycles. The van der Waals surface area contributed by atoms with Crippen molar-refractivity contribution >= 4 is 34.9 Å². The molecule has 4 aromatic rings. The zero-order chi connectivity index (χ0) is 35.2. The van der Waals surface area contributed by atoms with Crippen LogP contribution in [-0.4, -0.2) is 92.6 Å². The van der Waals surface area contributed by atoms with Crippen LogP contribution in [0, 0.1) is 11.7 Å². The Morgan fingerprint density at radius 1 is 0.792 bits per heavy atom. The van der Waals surface area contributed by atoms with Crippen LogP contribution in [0.5, 0.6) is 11.5 Å². The summed E-state index contributed by atoms with van der Waals surface area (Å²) in [5.41, 5.74) is 4.42. The van der Waals surface area contributed by atoms with E-state index in [0.29, 0.717) is 12.5 Å². The number of imidazole rings is 1. The lowest BCUT2D eigenvalue weighted by atomic mass is 9.93. The number of fused-ring (bicyclic) bond motifs is 1. The van der Waals surface area contributed by atoms with Crippen LogP contribution in [0.25, 0.3) is 11.0 Å². The molecule has 1 aliphatic rings. The van der Waals surface area contributed by atoms with Crippen molar-refractivity contribution in [2.75, 3.05) is 33.9 Å². The lowest BCUT2D eigenvalue weighted by Gasteiger charge is -2.32. The number of carboxylic acid groups (broad SMARTS) is 4. The number of halogens is 1. The molecule has 14 heteroatoms. The van der Waals surface area contributed by atoms with Crippen LogP contribution in [0.1, 0.15) is 29.8 Å². The number of carbonyl (C=O) groups is 4. The SMILES string of the molecule is COc1cccc(CCN2CCC(Cc3nc4ccc(OC)cc4n3Cc3ccc(F)cc3)CC2)c1.O=C(O)C(=O)O.O=C(O)C(=O)O. The topological polar surface area (TPSA) is 189 Å². The molecule has 1 saturated heterocycles. The molecule has 13 nitrogen and oxygen atoms in total. The minimum atomic E-state index is -1.82. The van der Waals surface area contributed by atoms with Crippen molar-refractivity contribution in [1.82, 2.24) is 14.5 Å². The highest BCUT2D eigenvalue weighted by Gasteiger charge is 2.22. The third-order valence-corrected chi connectivity index (χ3v) is 7.68. The fourth-order valence-corrected chi connectivity index (χ4v) is 5.17. The van der Waals surface area contributed by atoms with Gasteiger partial charge in [0, 0.05) is 25.6 Å². The van der Waals surface area contributed by atoms with E-state index in [9.17, 15) is 4.39 Å². The van der Waals surface area contributed by atoms with Gasteiger partial charge in [-0.25, -0.2) is 28.6 Å². The number of aliphatic carboxylic acids is 4. The molecule has 1 fully saturated rings.